The molecule has 5 heterocycles. The third-order valence-corrected chi connectivity index (χ3v) is 10.9. The van der Waals surface area contributed by atoms with Gasteiger partial charge in [-0.3, -0.25) is 19.0 Å². The standard InChI is InChI=1S/C33H37N5O4S/c1-35-14-10-25-29(35)34-21-38(31(25)40)20-33(42)12-16-36(17-13-33)30(39)24-11-15-37(19-26(24)22-6-3-2-4-7-22)32(41)28-18-23-8-5-9-27(23)43-28/h2-4,6-7,10,14,18,21,24,26,42H,5,8-9,11-13,15-17,19-20H2,1H3/t24-,26+/m1/s1. The average Bonchev–Trinajstić information content (AvgIpc) is 3.74. The van der Waals surface area contributed by atoms with Crippen LogP contribution < -0.4 is 5.56 Å². The fourth-order valence-corrected chi connectivity index (χ4v) is 8.43. The third-order valence-electron chi connectivity index (χ3n) is 9.72. The van der Waals surface area contributed by atoms with Crippen LogP contribution in [0.25, 0.3) is 11.0 Å². The third kappa shape index (κ3) is 5.20. The highest BCUT2D eigenvalue weighted by atomic mass is 32.1. The van der Waals surface area contributed by atoms with Crippen LogP contribution >= 0.6 is 11.3 Å². The first-order valence-electron chi connectivity index (χ1n) is 15.3. The summed E-state index contributed by atoms with van der Waals surface area (Å²) in [5.41, 5.74) is 1.75. The predicted octanol–water partition coefficient (Wildman–Crippen LogP) is 3.58. The number of piperidine rings is 2. The molecule has 2 saturated heterocycles. The summed E-state index contributed by atoms with van der Waals surface area (Å²) < 4.78 is 3.29. The van der Waals surface area contributed by atoms with E-state index in [0.29, 0.717) is 56.5 Å². The number of carbonyl (C=O) groups is 2. The van der Waals surface area contributed by atoms with E-state index in [0.717, 1.165) is 23.3 Å². The molecule has 7 rings (SSSR count). The van der Waals surface area contributed by atoms with E-state index in [4.69, 9.17) is 0 Å². The number of thiophene rings is 1. The molecule has 3 aromatic heterocycles. The molecule has 1 aliphatic carbocycles. The van der Waals surface area contributed by atoms with Gasteiger partial charge < -0.3 is 19.5 Å². The van der Waals surface area contributed by atoms with E-state index in [2.05, 4.69) is 23.2 Å². The van der Waals surface area contributed by atoms with Gasteiger partial charge in [0.2, 0.25) is 5.91 Å². The van der Waals surface area contributed by atoms with Crippen LogP contribution in [0.3, 0.4) is 0 Å². The maximum absolute atomic E-state index is 14.0. The Morgan fingerprint density at radius 3 is 2.63 bits per heavy atom. The van der Waals surface area contributed by atoms with Gasteiger partial charge in [-0.1, -0.05) is 30.3 Å². The summed E-state index contributed by atoms with van der Waals surface area (Å²) in [6.45, 7) is 2.05. The number of hydrogen-bond donors (Lipinski definition) is 1. The van der Waals surface area contributed by atoms with Crippen molar-refractivity contribution in [1.82, 2.24) is 23.9 Å². The summed E-state index contributed by atoms with van der Waals surface area (Å²) in [6.07, 6.45) is 7.98. The second kappa shape index (κ2) is 11.1. The van der Waals surface area contributed by atoms with E-state index in [-0.39, 0.29) is 35.8 Å². The Morgan fingerprint density at radius 1 is 1.07 bits per heavy atom. The maximum atomic E-state index is 14.0. The number of benzene rings is 1. The largest absolute Gasteiger partial charge is 0.388 e. The lowest BCUT2D eigenvalue weighted by Gasteiger charge is -2.43. The molecule has 1 aromatic carbocycles. The predicted molar refractivity (Wildman–Crippen MR) is 165 cm³/mol. The lowest BCUT2D eigenvalue weighted by atomic mass is 9.79. The normalized spacial score (nSPS) is 21.7. The molecule has 0 radical (unpaired) electrons. The number of carbonyl (C=O) groups excluding carboxylic acids is 2. The van der Waals surface area contributed by atoms with Crippen molar-refractivity contribution in [2.75, 3.05) is 26.2 Å². The van der Waals surface area contributed by atoms with E-state index in [9.17, 15) is 19.5 Å². The SMILES string of the molecule is Cn1ccc2c(=O)n(CC3(O)CCN(C(=O)[C@@H]4CCN(C(=O)c5cc6c(s5)CCC6)C[C@H]4c4ccccc4)CC3)cnc21. The van der Waals surface area contributed by atoms with Gasteiger partial charge in [-0.15, -0.1) is 11.3 Å². The van der Waals surface area contributed by atoms with Crippen LogP contribution in [0, 0.1) is 5.92 Å². The fourth-order valence-electron chi connectivity index (χ4n) is 7.21. The van der Waals surface area contributed by atoms with Crippen molar-refractivity contribution < 1.29 is 14.7 Å². The first-order chi connectivity index (χ1) is 20.8. The summed E-state index contributed by atoms with van der Waals surface area (Å²) in [5, 5.41) is 12.0. The molecule has 2 aliphatic heterocycles. The highest BCUT2D eigenvalue weighted by molar-refractivity contribution is 7.14. The molecular weight excluding hydrogens is 562 g/mol. The van der Waals surface area contributed by atoms with Gasteiger partial charge in [0.15, 0.2) is 0 Å². The quantitative estimate of drug-likeness (QED) is 0.378. The molecule has 1 N–H and O–H groups in total. The number of aromatic nitrogens is 3. The molecule has 4 aromatic rings. The molecule has 43 heavy (non-hydrogen) atoms. The van der Waals surface area contributed by atoms with Crippen LogP contribution in [0.15, 0.2) is 59.8 Å². The van der Waals surface area contributed by atoms with Crippen LogP contribution in [0.5, 0.6) is 0 Å². The van der Waals surface area contributed by atoms with Gasteiger partial charge in [-0.2, -0.15) is 0 Å². The average molecular weight is 600 g/mol. The number of likely N-dealkylation sites (tertiary alicyclic amines) is 2. The van der Waals surface area contributed by atoms with Crippen LogP contribution in [0.2, 0.25) is 0 Å². The number of fused-ring (bicyclic) bond motifs is 2. The minimum absolute atomic E-state index is 0.0766. The number of amides is 2. The molecule has 0 unspecified atom stereocenters. The van der Waals surface area contributed by atoms with Crippen LogP contribution in [-0.2, 0) is 31.2 Å². The first kappa shape index (κ1) is 28.0. The number of rotatable bonds is 5. The highest BCUT2D eigenvalue weighted by Gasteiger charge is 2.42. The zero-order valence-electron chi connectivity index (χ0n) is 24.4. The number of nitrogens with zero attached hydrogens (tertiary/aromatic N) is 5. The molecular formula is C33H37N5O4S. The Balaban J connectivity index is 1.04. The summed E-state index contributed by atoms with van der Waals surface area (Å²) in [6, 6.07) is 13.9. The Bertz CT molecular complexity index is 1710. The van der Waals surface area contributed by atoms with Crippen molar-refractivity contribution in [3.63, 3.8) is 0 Å². The van der Waals surface area contributed by atoms with Crippen LogP contribution in [0.4, 0.5) is 0 Å². The highest BCUT2D eigenvalue weighted by Crippen LogP contribution is 2.37. The number of aliphatic hydroxyl groups is 1. The lowest BCUT2D eigenvalue weighted by Crippen LogP contribution is -2.53. The van der Waals surface area contributed by atoms with Crippen molar-refractivity contribution in [2.45, 2.75) is 56.6 Å². The molecule has 9 nitrogen and oxygen atoms in total. The second-order valence-electron chi connectivity index (χ2n) is 12.5. The van der Waals surface area contributed by atoms with Gasteiger partial charge in [0.1, 0.15) is 12.0 Å². The van der Waals surface area contributed by atoms with Crippen molar-refractivity contribution in [1.29, 1.82) is 0 Å². The molecule has 0 saturated carbocycles. The van der Waals surface area contributed by atoms with Crippen molar-refractivity contribution >= 4 is 34.2 Å². The number of aryl methyl sites for hydroxylation is 3. The van der Waals surface area contributed by atoms with Gasteiger partial charge in [0.25, 0.3) is 11.5 Å². The summed E-state index contributed by atoms with van der Waals surface area (Å²) in [4.78, 5) is 51.0. The molecule has 2 fully saturated rings. The minimum atomic E-state index is -1.10. The van der Waals surface area contributed by atoms with Gasteiger partial charge in [0.05, 0.1) is 22.4 Å². The van der Waals surface area contributed by atoms with Gasteiger partial charge >= 0.3 is 0 Å². The summed E-state index contributed by atoms with van der Waals surface area (Å²) in [5.74, 6) is -0.171. The van der Waals surface area contributed by atoms with E-state index in [1.165, 1.54) is 27.8 Å². The fraction of sp³-hybridized carbons (Fsp3) is 0.455. The van der Waals surface area contributed by atoms with E-state index in [1.54, 1.807) is 28.2 Å². The molecule has 10 heteroatoms. The number of hydrogen-bond acceptors (Lipinski definition) is 6. The van der Waals surface area contributed by atoms with Crippen LogP contribution in [0.1, 0.15) is 57.3 Å². The molecule has 3 aliphatic rings. The van der Waals surface area contributed by atoms with Gasteiger partial charge in [-0.25, -0.2) is 4.98 Å². The minimum Gasteiger partial charge on any atom is -0.388 e. The second-order valence-corrected chi connectivity index (χ2v) is 13.6. The smallest absolute Gasteiger partial charge is 0.263 e. The lowest BCUT2D eigenvalue weighted by molar-refractivity contribution is -0.142. The topological polar surface area (TPSA) is 101 Å². The molecule has 0 spiro atoms. The zero-order valence-corrected chi connectivity index (χ0v) is 25.3. The Kier molecular flexibility index (Phi) is 7.21. The monoisotopic (exact) mass is 599 g/mol. The maximum Gasteiger partial charge on any atom is 0.263 e. The van der Waals surface area contributed by atoms with Crippen molar-refractivity contribution in [3.8, 4) is 0 Å². The van der Waals surface area contributed by atoms with E-state index >= 15 is 0 Å². The molecule has 0 bridgehead atoms. The molecule has 2 amide bonds. The van der Waals surface area contributed by atoms with E-state index < -0.39 is 5.60 Å². The van der Waals surface area contributed by atoms with Gasteiger partial charge in [-0.05, 0) is 61.8 Å². The Morgan fingerprint density at radius 2 is 1.86 bits per heavy atom. The summed E-state index contributed by atoms with van der Waals surface area (Å²) >= 11 is 1.64. The Labute approximate surface area is 254 Å². The first-order valence-corrected chi connectivity index (χ1v) is 16.1. The van der Waals surface area contributed by atoms with Crippen molar-refractivity contribution in [3.05, 3.63) is 86.2 Å². The van der Waals surface area contributed by atoms with E-state index in [1.807, 2.05) is 35.0 Å². The summed E-state index contributed by atoms with van der Waals surface area (Å²) in [7, 11) is 1.85. The molecule has 2 atom stereocenters. The van der Waals surface area contributed by atoms with Crippen LogP contribution in [-0.4, -0.2) is 72.6 Å². The molecule has 224 valence electrons. The zero-order chi connectivity index (χ0) is 29.7. The van der Waals surface area contributed by atoms with Gasteiger partial charge in [0, 0.05) is 56.1 Å². The Hall–Kier alpha value is -3.76. The van der Waals surface area contributed by atoms with Crippen molar-refractivity contribution in [2.24, 2.45) is 13.0 Å².